The summed E-state index contributed by atoms with van der Waals surface area (Å²) in [6.45, 7) is 6.27. The van der Waals surface area contributed by atoms with Crippen molar-refractivity contribution in [2.75, 3.05) is 23.9 Å². The maximum absolute atomic E-state index is 12.7. The van der Waals surface area contributed by atoms with Crippen LogP contribution in [0.4, 0.5) is 11.4 Å². The summed E-state index contributed by atoms with van der Waals surface area (Å²) in [7, 11) is 1.58. The molecule has 5 nitrogen and oxygen atoms in total. The van der Waals surface area contributed by atoms with E-state index in [1.54, 1.807) is 12.0 Å². The van der Waals surface area contributed by atoms with Crippen molar-refractivity contribution in [3.05, 3.63) is 53.1 Å². The zero-order valence-corrected chi connectivity index (χ0v) is 15.6. The number of anilines is 2. The van der Waals surface area contributed by atoms with Gasteiger partial charge in [0.15, 0.2) is 0 Å². The Morgan fingerprint density at radius 2 is 1.81 bits per heavy atom. The fourth-order valence-corrected chi connectivity index (χ4v) is 3.23. The van der Waals surface area contributed by atoms with Crippen molar-refractivity contribution in [3.63, 3.8) is 0 Å². The topological polar surface area (TPSA) is 58.6 Å². The first-order chi connectivity index (χ1) is 12.4. The van der Waals surface area contributed by atoms with Crippen LogP contribution in [0.5, 0.6) is 5.75 Å². The number of amides is 2. The molecule has 2 amide bonds. The van der Waals surface area contributed by atoms with Crippen LogP contribution in [-0.2, 0) is 9.59 Å². The second-order valence-corrected chi connectivity index (χ2v) is 6.89. The third kappa shape index (κ3) is 3.57. The van der Waals surface area contributed by atoms with Crippen LogP contribution < -0.4 is 15.0 Å². The Hall–Kier alpha value is -2.82. The average molecular weight is 352 g/mol. The number of hydrogen-bond acceptors (Lipinski definition) is 3. The Morgan fingerprint density at radius 1 is 1.12 bits per heavy atom. The number of methoxy groups -OCH3 is 1. The highest BCUT2D eigenvalue weighted by Crippen LogP contribution is 2.34. The largest absolute Gasteiger partial charge is 0.495 e. The summed E-state index contributed by atoms with van der Waals surface area (Å²) in [6, 6.07) is 11.6. The van der Waals surface area contributed by atoms with Crippen molar-refractivity contribution in [1.82, 2.24) is 0 Å². The number of rotatable bonds is 4. The van der Waals surface area contributed by atoms with Crippen molar-refractivity contribution < 1.29 is 14.3 Å². The zero-order chi connectivity index (χ0) is 18.8. The number of carbonyl (C=O) groups is 2. The third-order valence-corrected chi connectivity index (χ3v) is 4.77. The summed E-state index contributed by atoms with van der Waals surface area (Å²) in [4.78, 5) is 26.9. The van der Waals surface area contributed by atoms with Crippen LogP contribution in [0.1, 0.15) is 23.1 Å². The molecule has 1 atom stereocenters. The molecule has 136 valence electrons. The van der Waals surface area contributed by atoms with Crippen LogP contribution in [0.2, 0.25) is 0 Å². The van der Waals surface area contributed by atoms with Crippen LogP contribution >= 0.6 is 0 Å². The number of hydrogen-bond donors (Lipinski definition) is 1. The van der Waals surface area contributed by atoms with Crippen LogP contribution in [0.3, 0.4) is 0 Å². The predicted octanol–water partition coefficient (Wildman–Crippen LogP) is 3.61. The van der Waals surface area contributed by atoms with Gasteiger partial charge in [0.1, 0.15) is 5.75 Å². The summed E-state index contributed by atoms with van der Waals surface area (Å²) in [5, 5.41) is 2.98. The molecule has 1 aliphatic heterocycles. The van der Waals surface area contributed by atoms with E-state index in [0.29, 0.717) is 12.3 Å². The summed E-state index contributed by atoms with van der Waals surface area (Å²) < 4.78 is 5.39. The lowest BCUT2D eigenvalue weighted by molar-refractivity contribution is -0.122. The fourth-order valence-electron chi connectivity index (χ4n) is 3.23. The van der Waals surface area contributed by atoms with Gasteiger partial charge < -0.3 is 15.0 Å². The average Bonchev–Trinajstić information content (AvgIpc) is 3.00. The number of benzene rings is 2. The number of ether oxygens (including phenoxy) is 1. The number of nitrogens with one attached hydrogen (secondary N) is 1. The molecule has 1 N–H and O–H groups in total. The molecule has 0 spiro atoms. The van der Waals surface area contributed by atoms with Crippen molar-refractivity contribution in [3.8, 4) is 5.75 Å². The second kappa shape index (κ2) is 7.20. The van der Waals surface area contributed by atoms with Gasteiger partial charge in [-0.1, -0.05) is 18.2 Å². The minimum Gasteiger partial charge on any atom is -0.495 e. The Kier molecular flexibility index (Phi) is 4.98. The van der Waals surface area contributed by atoms with E-state index in [1.165, 1.54) is 0 Å². The van der Waals surface area contributed by atoms with Crippen molar-refractivity contribution >= 4 is 23.2 Å². The minimum atomic E-state index is -0.382. The molecule has 0 aliphatic carbocycles. The van der Waals surface area contributed by atoms with Crippen molar-refractivity contribution in [2.45, 2.75) is 27.2 Å². The number of aryl methyl sites for hydroxylation is 3. The molecule has 1 fully saturated rings. The normalized spacial score (nSPS) is 16.7. The van der Waals surface area contributed by atoms with E-state index < -0.39 is 0 Å². The molecule has 1 unspecified atom stereocenters. The first-order valence-corrected chi connectivity index (χ1v) is 8.72. The maximum atomic E-state index is 12.7. The number of nitrogens with zero attached hydrogens (tertiary/aromatic N) is 1. The molecule has 3 rings (SSSR count). The van der Waals surface area contributed by atoms with Gasteiger partial charge in [0.05, 0.1) is 18.7 Å². The lowest BCUT2D eigenvalue weighted by Gasteiger charge is -2.20. The van der Waals surface area contributed by atoms with Crippen LogP contribution in [0, 0.1) is 26.7 Å². The van der Waals surface area contributed by atoms with Gasteiger partial charge in [-0.15, -0.1) is 0 Å². The molecule has 0 saturated carbocycles. The van der Waals surface area contributed by atoms with E-state index >= 15 is 0 Å². The van der Waals surface area contributed by atoms with Gasteiger partial charge in [0.2, 0.25) is 11.8 Å². The highest BCUT2D eigenvalue weighted by molar-refractivity contribution is 6.04. The molecule has 2 aromatic rings. The highest BCUT2D eigenvalue weighted by Gasteiger charge is 2.36. The van der Waals surface area contributed by atoms with E-state index in [2.05, 4.69) is 5.32 Å². The summed E-state index contributed by atoms with van der Waals surface area (Å²) in [6.07, 6.45) is 0.202. The predicted molar refractivity (Wildman–Crippen MR) is 103 cm³/mol. The van der Waals surface area contributed by atoms with E-state index in [0.717, 1.165) is 28.1 Å². The summed E-state index contributed by atoms with van der Waals surface area (Å²) in [5.74, 6) is 0.0725. The lowest BCUT2D eigenvalue weighted by Crippen LogP contribution is -2.28. The van der Waals surface area contributed by atoms with Crippen molar-refractivity contribution in [2.24, 2.45) is 5.92 Å². The van der Waals surface area contributed by atoms with Gasteiger partial charge in [-0.25, -0.2) is 0 Å². The minimum absolute atomic E-state index is 0.0602. The highest BCUT2D eigenvalue weighted by atomic mass is 16.5. The fraction of sp³-hybridized carbons (Fsp3) is 0.333. The van der Waals surface area contributed by atoms with E-state index in [4.69, 9.17) is 4.74 Å². The number of carbonyl (C=O) groups excluding carboxylic acids is 2. The van der Waals surface area contributed by atoms with E-state index in [1.807, 2.05) is 57.2 Å². The van der Waals surface area contributed by atoms with Crippen LogP contribution in [0.25, 0.3) is 0 Å². The standard InChI is InChI=1S/C21H24N2O3/c1-13-5-7-15(3)17(9-13)22-21(25)16-11-20(24)23(12-16)18-10-14(2)6-8-19(18)26-4/h5-10,16H,11-12H2,1-4H3,(H,22,25). The zero-order valence-electron chi connectivity index (χ0n) is 15.6. The Balaban J connectivity index is 1.78. The van der Waals surface area contributed by atoms with Crippen molar-refractivity contribution in [1.29, 1.82) is 0 Å². The molecule has 5 heteroatoms. The SMILES string of the molecule is COc1ccc(C)cc1N1CC(C(=O)Nc2cc(C)ccc2C)CC1=O. The molecule has 2 aromatic carbocycles. The van der Waals surface area contributed by atoms with Gasteiger partial charge in [-0.3, -0.25) is 9.59 Å². The first kappa shape index (κ1) is 18.0. The lowest BCUT2D eigenvalue weighted by atomic mass is 10.1. The third-order valence-electron chi connectivity index (χ3n) is 4.77. The molecule has 26 heavy (non-hydrogen) atoms. The maximum Gasteiger partial charge on any atom is 0.229 e. The van der Waals surface area contributed by atoms with Gasteiger partial charge in [-0.2, -0.15) is 0 Å². The molecular weight excluding hydrogens is 328 g/mol. The Morgan fingerprint density at radius 3 is 2.54 bits per heavy atom. The molecule has 0 aromatic heterocycles. The molecule has 0 radical (unpaired) electrons. The van der Waals surface area contributed by atoms with E-state index in [-0.39, 0.29) is 24.2 Å². The van der Waals surface area contributed by atoms with E-state index in [9.17, 15) is 9.59 Å². The summed E-state index contributed by atoms with van der Waals surface area (Å²) >= 11 is 0. The van der Waals surface area contributed by atoms with Gasteiger partial charge in [-0.05, 0) is 55.7 Å². The van der Waals surface area contributed by atoms with Gasteiger partial charge in [0, 0.05) is 18.7 Å². The van der Waals surface area contributed by atoms with Crippen LogP contribution in [-0.4, -0.2) is 25.5 Å². The second-order valence-electron chi connectivity index (χ2n) is 6.89. The Labute approximate surface area is 154 Å². The Bertz CT molecular complexity index is 860. The first-order valence-electron chi connectivity index (χ1n) is 8.72. The smallest absolute Gasteiger partial charge is 0.229 e. The summed E-state index contributed by atoms with van der Waals surface area (Å²) in [5.41, 5.74) is 4.65. The molecular formula is C21H24N2O3. The molecule has 1 aliphatic rings. The molecule has 1 heterocycles. The quantitative estimate of drug-likeness (QED) is 0.914. The molecule has 1 saturated heterocycles. The monoisotopic (exact) mass is 352 g/mol. The van der Waals surface area contributed by atoms with Crippen LogP contribution in [0.15, 0.2) is 36.4 Å². The van der Waals surface area contributed by atoms with Gasteiger partial charge >= 0.3 is 0 Å². The van der Waals surface area contributed by atoms with Gasteiger partial charge in [0.25, 0.3) is 0 Å². The molecule has 0 bridgehead atoms.